The largest absolute Gasteiger partial charge is 0.497 e. The molecule has 0 bridgehead atoms. The molecule has 1 aliphatic rings. The van der Waals surface area contributed by atoms with Gasteiger partial charge in [-0.1, -0.05) is 6.07 Å². The van der Waals surface area contributed by atoms with Gasteiger partial charge in [0, 0.05) is 18.4 Å². The molecule has 0 aromatic heterocycles. The molecule has 20 heavy (non-hydrogen) atoms. The first kappa shape index (κ1) is 14.8. The molecule has 1 aliphatic heterocycles. The standard InChI is InChI=1S/C15H22N2O3/c1-20-14-4-2-3-13(9-14)16-15(19)10-17-7-5-12(11-18)6-8-17/h2-4,9,12,18H,5-8,10-11H2,1H3,(H,16,19). The normalized spacial score (nSPS) is 16.9. The highest BCUT2D eigenvalue weighted by atomic mass is 16.5. The molecule has 5 heteroatoms. The number of benzene rings is 1. The molecular formula is C15H22N2O3. The smallest absolute Gasteiger partial charge is 0.238 e. The van der Waals surface area contributed by atoms with Crippen LogP contribution in [0.2, 0.25) is 0 Å². The molecule has 0 radical (unpaired) electrons. The Morgan fingerprint density at radius 1 is 1.45 bits per heavy atom. The van der Waals surface area contributed by atoms with Gasteiger partial charge >= 0.3 is 0 Å². The van der Waals surface area contributed by atoms with E-state index in [1.54, 1.807) is 13.2 Å². The molecule has 1 fully saturated rings. The highest BCUT2D eigenvalue weighted by Crippen LogP contribution is 2.18. The number of carbonyl (C=O) groups excluding carboxylic acids is 1. The van der Waals surface area contributed by atoms with Gasteiger partial charge in [0.1, 0.15) is 5.75 Å². The number of methoxy groups -OCH3 is 1. The number of anilines is 1. The molecule has 0 atom stereocenters. The Morgan fingerprint density at radius 2 is 2.20 bits per heavy atom. The van der Waals surface area contributed by atoms with Crippen molar-refractivity contribution < 1.29 is 14.6 Å². The van der Waals surface area contributed by atoms with Crippen LogP contribution in [0.25, 0.3) is 0 Å². The van der Waals surface area contributed by atoms with Crippen molar-refractivity contribution in [2.45, 2.75) is 12.8 Å². The molecule has 1 heterocycles. The molecule has 1 aromatic rings. The maximum Gasteiger partial charge on any atom is 0.238 e. The van der Waals surface area contributed by atoms with Crippen LogP contribution >= 0.6 is 0 Å². The number of hydrogen-bond acceptors (Lipinski definition) is 4. The Balaban J connectivity index is 1.80. The van der Waals surface area contributed by atoms with Crippen molar-refractivity contribution in [3.8, 4) is 5.75 Å². The molecule has 0 aliphatic carbocycles. The Morgan fingerprint density at radius 3 is 2.85 bits per heavy atom. The molecule has 5 nitrogen and oxygen atoms in total. The maximum atomic E-state index is 12.0. The van der Waals surface area contributed by atoms with Crippen LogP contribution in [0.1, 0.15) is 12.8 Å². The number of aliphatic hydroxyl groups excluding tert-OH is 1. The number of aliphatic hydroxyl groups is 1. The monoisotopic (exact) mass is 278 g/mol. The van der Waals surface area contributed by atoms with Crippen molar-refractivity contribution in [1.29, 1.82) is 0 Å². The van der Waals surface area contributed by atoms with E-state index in [0.717, 1.165) is 37.4 Å². The van der Waals surface area contributed by atoms with Crippen molar-refractivity contribution >= 4 is 11.6 Å². The van der Waals surface area contributed by atoms with Crippen molar-refractivity contribution in [3.05, 3.63) is 24.3 Å². The van der Waals surface area contributed by atoms with Gasteiger partial charge in [-0.3, -0.25) is 9.69 Å². The molecule has 1 saturated heterocycles. The Labute approximate surface area is 119 Å². The van der Waals surface area contributed by atoms with Crippen molar-refractivity contribution in [2.24, 2.45) is 5.92 Å². The number of carbonyl (C=O) groups is 1. The summed E-state index contributed by atoms with van der Waals surface area (Å²) in [7, 11) is 1.60. The SMILES string of the molecule is COc1cccc(NC(=O)CN2CCC(CO)CC2)c1. The fourth-order valence-electron chi connectivity index (χ4n) is 2.43. The number of nitrogens with zero attached hydrogens (tertiary/aromatic N) is 1. The third kappa shape index (κ3) is 4.21. The average Bonchev–Trinajstić information content (AvgIpc) is 2.48. The minimum absolute atomic E-state index is 0.0132. The molecule has 0 spiro atoms. The predicted octanol–water partition coefficient (Wildman–Crippen LogP) is 1.34. The molecule has 110 valence electrons. The van der Waals surface area contributed by atoms with Gasteiger partial charge in [0.15, 0.2) is 0 Å². The molecule has 0 saturated carbocycles. The number of rotatable bonds is 5. The first-order valence-electron chi connectivity index (χ1n) is 6.98. The zero-order chi connectivity index (χ0) is 14.4. The zero-order valence-electron chi connectivity index (χ0n) is 11.8. The molecular weight excluding hydrogens is 256 g/mol. The molecule has 1 amide bonds. The second-order valence-electron chi connectivity index (χ2n) is 5.18. The van der Waals surface area contributed by atoms with Gasteiger partial charge in [-0.15, -0.1) is 0 Å². The van der Waals surface area contributed by atoms with Gasteiger partial charge in [0.05, 0.1) is 13.7 Å². The lowest BCUT2D eigenvalue weighted by molar-refractivity contribution is -0.117. The highest BCUT2D eigenvalue weighted by molar-refractivity contribution is 5.92. The Hall–Kier alpha value is -1.59. The molecule has 0 unspecified atom stereocenters. The third-order valence-corrected chi connectivity index (χ3v) is 3.69. The predicted molar refractivity (Wildman–Crippen MR) is 77.9 cm³/mol. The van der Waals surface area contributed by atoms with Crippen LogP contribution in [0.5, 0.6) is 5.75 Å². The second kappa shape index (κ2) is 7.26. The lowest BCUT2D eigenvalue weighted by Gasteiger charge is -2.30. The van der Waals surface area contributed by atoms with E-state index in [4.69, 9.17) is 9.84 Å². The fourth-order valence-corrected chi connectivity index (χ4v) is 2.43. The molecule has 2 N–H and O–H groups in total. The van der Waals surface area contributed by atoms with Crippen LogP contribution in [0.4, 0.5) is 5.69 Å². The first-order valence-corrected chi connectivity index (χ1v) is 6.98. The van der Waals surface area contributed by atoms with E-state index in [-0.39, 0.29) is 12.5 Å². The van der Waals surface area contributed by atoms with Crippen molar-refractivity contribution in [3.63, 3.8) is 0 Å². The van der Waals surface area contributed by atoms with Crippen LogP contribution in [-0.4, -0.2) is 49.3 Å². The summed E-state index contributed by atoms with van der Waals surface area (Å²) < 4.78 is 5.13. The third-order valence-electron chi connectivity index (χ3n) is 3.69. The number of amides is 1. The minimum atomic E-state index is -0.0132. The van der Waals surface area contributed by atoms with E-state index >= 15 is 0 Å². The van der Waals surface area contributed by atoms with Gasteiger partial charge in [0.2, 0.25) is 5.91 Å². The lowest BCUT2D eigenvalue weighted by atomic mass is 9.98. The van der Waals surface area contributed by atoms with Gasteiger partial charge in [-0.05, 0) is 44.0 Å². The minimum Gasteiger partial charge on any atom is -0.497 e. The number of piperidine rings is 1. The van der Waals surface area contributed by atoms with Gasteiger partial charge in [0.25, 0.3) is 0 Å². The summed E-state index contributed by atoms with van der Waals surface area (Å²) in [5.41, 5.74) is 0.750. The summed E-state index contributed by atoms with van der Waals surface area (Å²) in [5.74, 6) is 1.11. The van der Waals surface area contributed by atoms with E-state index in [2.05, 4.69) is 10.2 Å². The summed E-state index contributed by atoms with van der Waals surface area (Å²) in [6.07, 6.45) is 1.92. The van der Waals surface area contributed by atoms with Gasteiger partial charge < -0.3 is 15.2 Å². The lowest BCUT2D eigenvalue weighted by Crippen LogP contribution is -2.39. The van der Waals surface area contributed by atoms with E-state index < -0.39 is 0 Å². The van der Waals surface area contributed by atoms with Crippen LogP contribution in [0.15, 0.2) is 24.3 Å². The zero-order valence-corrected chi connectivity index (χ0v) is 11.8. The fraction of sp³-hybridized carbons (Fsp3) is 0.533. The first-order chi connectivity index (χ1) is 9.71. The van der Waals surface area contributed by atoms with Crippen LogP contribution in [0, 0.1) is 5.92 Å². The van der Waals surface area contributed by atoms with Crippen LogP contribution in [-0.2, 0) is 4.79 Å². The number of hydrogen-bond donors (Lipinski definition) is 2. The topological polar surface area (TPSA) is 61.8 Å². The Kier molecular flexibility index (Phi) is 5.38. The number of nitrogens with one attached hydrogen (secondary N) is 1. The van der Waals surface area contributed by atoms with Gasteiger partial charge in [-0.2, -0.15) is 0 Å². The van der Waals surface area contributed by atoms with Crippen molar-refractivity contribution in [1.82, 2.24) is 4.90 Å². The summed E-state index contributed by atoms with van der Waals surface area (Å²) in [6.45, 7) is 2.40. The van der Waals surface area contributed by atoms with E-state index in [1.807, 2.05) is 18.2 Å². The van der Waals surface area contributed by atoms with Crippen molar-refractivity contribution in [2.75, 3.05) is 38.7 Å². The van der Waals surface area contributed by atoms with Crippen LogP contribution < -0.4 is 10.1 Å². The average molecular weight is 278 g/mol. The number of ether oxygens (including phenoxy) is 1. The van der Waals surface area contributed by atoms with E-state index in [1.165, 1.54) is 0 Å². The Bertz CT molecular complexity index is 442. The summed E-state index contributed by atoms with van der Waals surface area (Å²) in [6, 6.07) is 7.34. The van der Waals surface area contributed by atoms with E-state index in [9.17, 15) is 4.79 Å². The van der Waals surface area contributed by atoms with E-state index in [0.29, 0.717) is 12.5 Å². The summed E-state index contributed by atoms with van der Waals surface area (Å²) in [4.78, 5) is 14.1. The summed E-state index contributed by atoms with van der Waals surface area (Å²) >= 11 is 0. The van der Waals surface area contributed by atoms with Gasteiger partial charge in [-0.25, -0.2) is 0 Å². The molecule has 1 aromatic carbocycles. The molecule has 2 rings (SSSR count). The maximum absolute atomic E-state index is 12.0. The van der Waals surface area contributed by atoms with Crippen LogP contribution in [0.3, 0.4) is 0 Å². The highest BCUT2D eigenvalue weighted by Gasteiger charge is 2.20. The quantitative estimate of drug-likeness (QED) is 0.853. The summed E-state index contributed by atoms with van der Waals surface area (Å²) in [5, 5.41) is 12.0. The second-order valence-corrected chi connectivity index (χ2v) is 5.18. The number of likely N-dealkylation sites (tertiary alicyclic amines) is 1.